The number of carbonyl (C=O) groups excluding carboxylic acids is 4. The molecule has 3 atom stereocenters. The molecule has 5 aromatic carbocycles. The van der Waals surface area contributed by atoms with Crippen LogP contribution in [0.5, 0.6) is 0 Å². The molecule has 12 aromatic rings. The monoisotopic (exact) mass is 1430 g/mol. The maximum absolute atomic E-state index is 12.9. The summed E-state index contributed by atoms with van der Waals surface area (Å²) in [4.78, 5) is 87.2. The number of carbonyl (C=O) groups is 4. The standard InChI is InChI=1S/C30H32N6O2.C29H30N6O2.C25H28N6O/c1-3-35-13-4-5-23(35)18-33-29(37)24-9-7-22(15-19(24)2)34-26-10-11-27(36-14-12-31-28(26)36)20-6-8-25-21(16-20)17-32-30(25)38;36-28(31-12-16-34-14-2-1-3-15-34)20-4-7-23(8-5-20)33-25-10-11-26(35-17-13-30-27(25)35)21-6-9-24-22(18-21)19-32-29(24)37;1-17-15-30(16-18(2)29(17)3)21-6-4-20(5-7-21)28-22-8-9-23(31-13-12-27-25(22)31)19-10-11-26-24(32)14-19/h6-12,14-16,23,34H,3-5,13,17-18H2,1-2H3,(H,32,38)(H,33,37);4-11,13,17-18,33H,1-3,12,14-16,19H2,(H,31,36)(H,32,37);4-14,17-18,28H,15-16H2,1-3H3,(H,26,32). The molecule has 0 bridgehead atoms. The number of rotatable bonds is 18. The lowest BCUT2D eigenvalue weighted by Crippen LogP contribution is -2.55. The third kappa shape index (κ3) is 15.5. The number of amides is 4. The van der Waals surface area contributed by atoms with Crippen LogP contribution in [-0.2, 0) is 13.1 Å². The zero-order valence-corrected chi connectivity index (χ0v) is 61.0. The maximum Gasteiger partial charge on any atom is 0.251 e. The molecule has 0 aliphatic carbocycles. The lowest BCUT2D eigenvalue weighted by molar-refractivity contribution is 0.0935. The summed E-state index contributed by atoms with van der Waals surface area (Å²) < 4.78 is 6.09. The van der Waals surface area contributed by atoms with Crippen LogP contribution in [-0.4, -0.2) is 156 Å². The Labute approximate surface area is 621 Å². The number of piperidine rings is 1. The number of imidazole rings is 3. The first-order chi connectivity index (χ1) is 52.2. The van der Waals surface area contributed by atoms with E-state index < -0.39 is 0 Å². The maximum atomic E-state index is 12.9. The number of aryl methyl sites for hydroxylation is 1. The van der Waals surface area contributed by atoms with Gasteiger partial charge in [-0.25, -0.2) is 15.0 Å². The Morgan fingerprint density at radius 3 is 1.60 bits per heavy atom. The SMILES string of the molecule is CC1CN(c2ccc(Nc3ccc(-c4cc[nH]c(=O)c4)n4ccnc34)cc2)CC(C)N1C.CCN1CCCC1CNC(=O)c1ccc(Nc2ccc(-c3ccc4c(c3)CNC4=O)n3ccnc23)cc1C.O=C(NCCN1CCCCC1)c1ccc(Nc2ccc(-c3ccc4c(c3)CNC4=O)n3ccnc23)cc1. The van der Waals surface area contributed by atoms with Gasteiger partial charge in [0.1, 0.15) is 0 Å². The van der Waals surface area contributed by atoms with Crippen molar-refractivity contribution in [3.8, 4) is 33.8 Å². The molecule has 3 unspecified atom stereocenters. The molecule has 8 N–H and O–H groups in total. The van der Waals surface area contributed by atoms with Gasteiger partial charge in [0.15, 0.2) is 16.9 Å². The van der Waals surface area contributed by atoms with E-state index in [1.165, 1.54) is 31.4 Å². The second-order valence-electron chi connectivity index (χ2n) is 28.4. The highest BCUT2D eigenvalue weighted by Gasteiger charge is 2.28. The largest absolute Gasteiger partial charge is 0.368 e. The minimum Gasteiger partial charge on any atom is -0.368 e. The molecule has 3 fully saturated rings. The van der Waals surface area contributed by atoms with Crippen molar-refractivity contribution in [3.63, 3.8) is 0 Å². The van der Waals surface area contributed by atoms with E-state index in [0.717, 1.165) is 165 Å². The summed E-state index contributed by atoms with van der Waals surface area (Å²) >= 11 is 0. The van der Waals surface area contributed by atoms with Gasteiger partial charge in [0.05, 0.1) is 34.1 Å². The number of benzene rings is 5. The molecule has 5 aliphatic rings. The van der Waals surface area contributed by atoms with Crippen LogP contribution in [0, 0.1) is 6.92 Å². The number of aromatic nitrogens is 7. The number of piperazine rings is 1. The van der Waals surface area contributed by atoms with Crippen molar-refractivity contribution in [2.24, 2.45) is 0 Å². The number of fused-ring (bicyclic) bond motifs is 5. The molecule has 5 aliphatic heterocycles. The third-order valence-electron chi connectivity index (χ3n) is 21.5. The van der Waals surface area contributed by atoms with Gasteiger partial charge in [-0.05, 0) is 241 Å². The van der Waals surface area contributed by atoms with Crippen molar-refractivity contribution in [1.29, 1.82) is 0 Å². The van der Waals surface area contributed by atoms with Crippen LogP contribution in [0.15, 0.2) is 200 Å². The molecule has 546 valence electrons. The van der Waals surface area contributed by atoms with Crippen molar-refractivity contribution in [3.05, 3.63) is 244 Å². The highest BCUT2D eigenvalue weighted by Crippen LogP contribution is 2.35. The number of hydrogen-bond donors (Lipinski definition) is 8. The van der Waals surface area contributed by atoms with Crippen LogP contribution >= 0.6 is 0 Å². The molecule has 3 saturated heterocycles. The number of aromatic amines is 1. The third-order valence-corrected chi connectivity index (χ3v) is 21.5. The fourth-order valence-electron chi connectivity index (χ4n) is 15.4. The van der Waals surface area contributed by atoms with Gasteiger partial charge in [-0.1, -0.05) is 25.5 Å². The molecule has 17 rings (SSSR count). The molecule has 0 saturated carbocycles. The summed E-state index contributed by atoms with van der Waals surface area (Å²) in [6.45, 7) is 18.6. The van der Waals surface area contributed by atoms with E-state index in [0.29, 0.717) is 55.4 Å². The van der Waals surface area contributed by atoms with Gasteiger partial charge in [-0.2, -0.15) is 0 Å². The fourth-order valence-corrected chi connectivity index (χ4v) is 15.4. The number of nitrogens with zero attached hydrogens (tertiary/aromatic N) is 10. The molecule has 0 radical (unpaired) electrons. The molecule has 0 spiro atoms. The topological polar surface area (TPSA) is 250 Å². The number of pyridine rings is 4. The number of H-pyrrole nitrogens is 1. The second-order valence-corrected chi connectivity index (χ2v) is 28.4. The summed E-state index contributed by atoms with van der Waals surface area (Å²) in [5.74, 6) is -0.109. The molecule has 4 amide bonds. The highest BCUT2D eigenvalue weighted by molar-refractivity contribution is 6.00. The molecule has 7 aromatic heterocycles. The first kappa shape index (κ1) is 70.7. The predicted octanol–water partition coefficient (Wildman–Crippen LogP) is 12.7. The highest BCUT2D eigenvalue weighted by atomic mass is 16.2. The molecule has 23 heteroatoms. The lowest BCUT2D eigenvalue weighted by Gasteiger charge is -2.43. The molecule has 12 heterocycles. The van der Waals surface area contributed by atoms with Crippen molar-refractivity contribution in [2.75, 3.05) is 86.8 Å². The van der Waals surface area contributed by atoms with Gasteiger partial charge < -0.3 is 52.0 Å². The zero-order chi connectivity index (χ0) is 73.7. The van der Waals surface area contributed by atoms with E-state index >= 15 is 0 Å². The van der Waals surface area contributed by atoms with Gasteiger partial charge in [-0.3, -0.25) is 47.0 Å². The van der Waals surface area contributed by atoms with E-state index in [-0.39, 0.29) is 29.2 Å². The Morgan fingerprint density at radius 1 is 0.542 bits per heavy atom. The summed E-state index contributed by atoms with van der Waals surface area (Å²) in [5.41, 5.74) is 20.6. The molecular weight excluding hydrogens is 1340 g/mol. The Hall–Kier alpha value is -11.9. The van der Waals surface area contributed by atoms with E-state index in [1.54, 1.807) is 30.9 Å². The fraction of sp³-hybridized carbons (Fsp3) is 0.286. The van der Waals surface area contributed by atoms with Crippen molar-refractivity contribution in [2.45, 2.75) is 91.0 Å². The average Bonchev–Trinajstić information content (AvgIpc) is 1.71. The minimum atomic E-state index is -0.123. The molecule has 107 heavy (non-hydrogen) atoms. The number of nitrogens with one attached hydrogen (secondary N) is 8. The van der Waals surface area contributed by atoms with Crippen molar-refractivity contribution in [1.82, 2.24) is 69.1 Å². The predicted molar refractivity (Wildman–Crippen MR) is 423 cm³/mol. The summed E-state index contributed by atoms with van der Waals surface area (Å²) in [6.07, 6.45) is 18.9. The Bertz CT molecular complexity index is 5310. The van der Waals surface area contributed by atoms with Crippen LogP contribution in [0.4, 0.5) is 39.8 Å². The average molecular weight is 1430 g/mol. The quantitative estimate of drug-likeness (QED) is 0.0398. The minimum absolute atomic E-state index is 0.0187. The zero-order valence-electron chi connectivity index (χ0n) is 61.0. The van der Waals surface area contributed by atoms with E-state index in [1.807, 2.05) is 142 Å². The Balaban J connectivity index is 0.000000129. The number of anilines is 7. The number of likely N-dealkylation sites (N-methyl/N-ethyl adjacent to an activating group) is 2. The molecule has 23 nitrogen and oxygen atoms in total. The normalized spacial score (nSPS) is 17.2. The van der Waals surface area contributed by atoms with Gasteiger partial charge in [-0.15, -0.1) is 0 Å². The first-order valence-corrected chi connectivity index (χ1v) is 37.2. The Kier molecular flexibility index (Phi) is 20.8. The van der Waals surface area contributed by atoms with Crippen LogP contribution in [0.1, 0.15) is 111 Å². The summed E-state index contributed by atoms with van der Waals surface area (Å²) in [6, 6.07) is 50.9. The lowest BCUT2D eigenvalue weighted by atomic mass is 10.0. The van der Waals surface area contributed by atoms with Crippen molar-refractivity contribution >= 4 is 80.4 Å². The first-order valence-electron chi connectivity index (χ1n) is 37.2. The number of likely N-dealkylation sites (tertiary alicyclic amines) is 2. The summed E-state index contributed by atoms with van der Waals surface area (Å²) in [7, 11) is 2.21. The van der Waals surface area contributed by atoms with Gasteiger partial charge in [0.25, 0.3) is 23.6 Å². The van der Waals surface area contributed by atoms with Gasteiger partial charge in [0, 0.05) is 164 Å². The molecular formula is C84H90N18O5. The second kappa shape index (κ2) is 31.4. The summed E-state index contributed by atoms with van der Waals surface area (Å²) in [5, 5.41) is 22.3. The van der Waals surface area contributed by atoms with Crippen LogP contribution < -0.4 is 47.7 Å². The van der Waals surface area contributed by atoms with Crippen molar-refractivity contribution < 1.29 is 19.2 Å². The van der Waals surface area contributed by atoms with Gasteiger partial charge >= 0.3 is 0 Å². The van der Waals surface area contributed by atoms with Crippen LogP contribution in [0.2, 0.25) is 0 Å². The van der Waals surface area contributed by atoms with Gasteiger partial charge in [0.2, 0.25) is 5.56 Å². The van der Waals surface area contributed by atoms with E-state index in [4.69, 9.17) is 0 Å². The van der Waals surface area contributed by atoms with Crippen LogP contribution in [0.25, 0.3) is 50.7 Å². The van der Waals surface area contributed by atoms with Crippen LogP contribution in [0.3, 0.4) is 0 Å². The van der Waals surface area contributed by atoms with E-state index in [9.17, 15) is 24.0 Å². The van der Waals surface area contributed by atoms with E-state index in [2.05, 4.69) is 147 Å². The number of hydrogen-bond acceptors (Lipinski definition) is 15. The Morgan fingerprint density at radius 2 is 1.07 bits per heavy atom. The smallest absolute Gasteiger partial charge is 0.251 e.